The van der Waals surface area contributed by atoms with Gasteiger partial charge in [-0.3, -0.25) is 14.5 Å². The van der Waals surface area contributed by atoms with Gasteiger partial charge < -0.3 is 4.74 Å². The van der Waals surface area contributed by atoms with E-state index in [2.05, 4.69) is 0 Å². The predicted molar refractivity (Wildman–Crippen MR) is 108 cm³/mol. The third-order valence-corrected chi connectivity index (χ3v) is 5.90. The lowest BCUT2D eigenvalue weighted by atomic mass is 10.0. The van der Waals surface area contributed by atoms with Gasteiger partial charge in [0.1, 0.15) is 18.2 Å². The van der Waals surface area contributed by atoms with Crippen LogP contribution < -0.4 is 4.74 Å². The molecular weight excluding hydrogens is 377 g/mol. The summed E-state index contributed by atoms with van der Waals surface area (Å²) < 4.78 is 19.4. The third kappa shape index (κ3) is 3.73. The predicted octanol–water partition coefficient (Wildman–Crippen LogP) is 4.79. The van der Waals surface area contributed by atoms with E-state index in [4.69, 9.17) is 4.74 Å². The average Bonchev–Trinajstić information content (AvgIpc) is 2.94. The number of nitrogens with zero attached hydrogens (tertiary/aromatic N) is 1. The van der Waals surface area contributed by atoms with E-state index < -0.39 is 0 Å². The number of imide groups is 1. The number of thioether (sulfide) groups is 1. The van der Waals surface area contributed by atoms with Crippen molar-refractivity contribution in [3.63, 3.8) is 0 Å². The second-order valence-corrected chi connectivity index (χ2v) is 7.85. The number of amides is 2. The summed E-state index contributed by atoms with van der Waals surface area (Å²) in [4.78, 5) is 24.9. The molecule has 3 aromatic rings. The smallest absolute Gasteiger partial charge is 0.288 e. The maximum Gasteiger partial charge on any atom is 0.288 e. The second kappa shape index (κ2) is 7.64. The zero-order valence-electron chi connectivity index (χ0n) is 15.2. The molecule has 1 saturated heterocycles. The molecule has 142 valence electrons. The molecule has 0 aliphatic carbocycles. The van der Waals surface area contributed by atoms with Crippen LogP contribution in [-0.2, 0) is 17.8 Å². The minimum Gasteiger partial charge on any atom is -0.489 e. The van der Waals surface area contributed by atoms with E-state index in [1.807, 2.05) is 36.4 Å². The van der Waals surface area contributed by atoms with Gasteiger partial charge in [-0.15, -0.1) is 0 Å². The van der Waals surface area contributed by atoms with E-state index in [9.17, 15) is 14.0 Å². The van der Waals surface area contributed by atoms with Crippen molar-refractivity contribution >= 4 is 33.7 Å². The second-order valence-electron chi connectivity index (χ2n) is 6.70. The minimum absolute atomic E-state index is 0.146. The Labute approximate surface area is 166 Å². The zero-order valence-corrected chi connectivity index (χ0v) is 16.0. The van der Waals surface area contributed by atoms with Crippen molar-refractivity contribution in [3.05, 3.63) is 77.6 Å². The summed E-state index contributed by atoms with van der Waals surface area (Å²) in [5, 5.41) is 1.45. The fraction of sp³-hybridized carbons (Fsp3) is 0.182. The van der Waals surface area contributed by atoms with Crippen molar-refractivity contribution in [2.45, 2.75) is 18.3 Å². The zero-order chi connectivity index (χ0) is 19.7. The first-order chi connectivity index (χ1) is 13.5. The summed E-state index contributed by atoms with van der Waals surface area (Å²) in [6, 6.07) is 18.2. The number of hydrogen-bond acceptors (Lipinski definition) is 4. The van der Waals surface area contributed by atoms with Crippen LogP contribution in [0.4, 0.5) is 9.18 Å². The van der Waals surface area contributed by atoms with Crippen molar-refractivity contribution in [2.75, 3.05) is 7.05 Å². The van der Waals surface area contributed by atoms with E-state index in [1.165, 1.54) is 18.0 Å². The molecule has 4 nitrogen and oxygen atoms in total. The number of benzene rings is 3. The van der Waals surface area contributed by atoms with Gasteiger partial charge in [0.15, 0.2) is 0 Å². The molecule has 0 aromatic heterocycles. The largest absolute Gasteiger partial charge is 0.489 e. The SMILES string of the molecule is CN1C(=O)SC(Cc2ccc3cc(OCc4ccccc4F)ccc3c2)C1=O. The van der Waals surface area contributed by atoms with Crippen LogP contribution >= 0.6 is 11.8 Å². The van der Waals surface area contributed by atoms with E-state index in [-0.39, 0.29) is 28.8 Å². The van der Waals surface area contributed by atoms with Crippen molar-refractivity contribution in [1.82, 2.24) is 4.90 Å². The monoisotopic (exact) mass is 395 g/mol. The van der Waals surface area contributed by atoms with Gasteiger partial charge >= 0.3 is 0 Å². The molecule has 1 atom stereocenters. The van der Waals surface area contributed by atoms with Gasteiger partial charge in [0.05, 0.1) is 5.25 Å². The van der Waals surface area contributed by atoms with Crippen LogP contribution in [0.3, 0.4) is 0 Å². The topological polar surface area (TPSA) is 46.6 Å². The molecule has 0 saturated carbocycles. The van der Waals surface area contributed by atoms with Gasteiger partial charge in [-0.05, 0) is 41.0 Å². The standard InChI is InChI=1S/C22H18FNO3S/c1-24-21(25)20(28-22(24)26)11-14-6-7-16-12-18(9-8-15(16)10-14)27-13-17-4-2-3-5-19(17)23/h2-10,12,20H,11,13H2,1H3. The van der Waals surface area contributed by atoms with Gasteiger partial charge in [0.2, 0.25) is 5.91 Å². The minimum atomic E-state index is -0.363. The molecule has 28 heavy (non-hydrogen) atoms. The summed E-state index contributed by atoms with van der Waals surface area (Å²) in [6.07, 6.45) is 0.515. The Hall–Kier alpha value is -2.86. The Bertz CT molecular complexity index is 1070. The van der Waals surface area contributed by atoms with Crippen molar-refractivity contribution in [2.24, 2.45) is 0 Å². The van der Waals surface area contributed by atoms with Gasteiger partial charge in [0, 0.05) is 12.6 Å². The van der Waals surface area contributed by atoms with Crippen LogP contribution in [0.25, 0.3) is 10.8 Å². The van der Waals surface area contributed by atoms with Crippen LogP contribution in [-0.4, -0.2) is 28.3 Å². The summed E-state index contributed by atoms with van der Waals surface area (Å²) in [6.45, 7) is 0.166. The van der Waals surface area contributed by atoms with E-state index in [1.54, 1.807) is 18.2 Å². The number of fused-ring (bicyclic) bond motifs is 1. The lowest BCUT2D eigenvalue weighted by molar-refractivity contribution is -0.125. The highest BCUT2D eigenvalue weighted by Gasteiger charge is 2.36. The van der Waals surface area contributed by atoms with Crippen LogP contribution in [0.1, 0.15) is 11.1 Å². The molecule has 3 aromatic carbocycles. The highest BCUT2D eigenvalue weighted by Crippen LogP contribution is 2.30. The Kier molecular flexibility index (Phi) is 5.05. The number of carbonyl (C=O) groups is 2. The molecule has 0 spiro atoms. The lowest BCUT2D eigenvalue weighted by Crippen LogP contribution is -2.28. The molecule has 4 rings (SSSR count). The van der Waals surface area contributed by atoms with Gasteiger partial charge in [-0.25, -0.2) is 4.39 Å². The molecule has 2 amide bonds. The molecule has 1 heterocycles. The molecule has 1 fully saturated rings. The first-order valence-corrected chi connectivity index (χ1v) is 9.76. The van der Waals surface area contributed by atoms with Crippen LogP contribution in [0.2, 0.25) is 0 Å². The van der Waals surface area contributed by atoms with E-state index in [0.717, 1.165) is 28.1 Å². The molecular formula is C22H18FNO3S. The average molecular weight is 395 g/mol. The van der Waals surface area contributed by atoms with Crippen molar-refractivity contribution in [1.29, 1.82) is 0 Å². The number of rotatable bonds is 5. The maximum absolute atomic E-state index is 13.7. The molecule has 0 radical (unpaired) electrons. The van der Waals surface area contributed by atoms with Crippen LogP contribution in [0, 0.1) is 5.82 Å². The summed E-state index contributed by atoms with van der Waals surface area (Å²) >= 11 is 1.08. The quantitative estimate of drug-likeness (QED) is 0.623. The van der Waals surface area contributed by atoms with Crippen LogP contribution in [0.5, 0.6) is 5.75 Å². The van der Waals surface area contributed by atoms with Gasteiger partial charge in [0.25, 0.3) is 5.24 Å². The molecule has 0 bridgehead atoms. The fourth-order valence-corrected chi connectivity index (χ4v) is 4.19. The molecule has 1 unspecified atom stereocenters. The Morgan fingerprint density at radius 3 is 2.54 bits per heavy atom. The molecule has 1 aliphatic rings. The number of hydrogen-bond donors (Lipinski definition) is 0. The first kappa shape index (κ1) is 18.5. The summed E-state index contributed by atoms with van der Waals surface area (Å²) in [7, 11) is 1.51. The molecule has 6 heteroatoms. The van der Waals surface area contributed by atoms with Gasteiger partial charge in [-0.2, -0.15) is 0 Å². The van der Waals surface area contributed by atoms with E-state index in [0.29, 0.717) is 17.7 Å². The fourth-order valence-electron chi connectivity index (χ4n) is 3.17. The number of halogens is 1. The Morgan fingerprint density at radius 2 is 1.79 bits per heavy atom. The summed E-state index contributed by atoms with van der Waals surface area (Å²) in [5.74, 6) is 0.237. The number of carbonyl (C=O) groups excluding carboxylic acids is 2. The van der Waals surface area contributed by atoms with E-state index >= 15 is 0 Å². The van der Waals surface area contributed by atoms with Crippen molar-refractivity contribution in [3.8, 4) is 5.75 Å². The Morgan fingerprint density at radius 1 is 1.04 bits per heavy atom. The highest BCUT2D eigenvalue weighted by atomic mass is 32.2. The molecule has 1 aliphatic heterocycles. The molecule has 0 N–H and O–H groups in total. The van der Waals surface area contributed by atoms with Crippen molar-refractivity contribution < 1.29 is 18.7 Å². The third-order valence-electron chi connectivity index (χ3n) is 4.77. The van der Waals surface area contributed by atoms with Crippen LogP contribution in [0.15, 0.2) is 60.7 Å². The Balaban J connectivity index is 1.48. The van der Waals surface area contributed by atoms with Gasteiger partial charge in [-0.1, -0.05) is 54.2 Å². The number of ether oxygens (including phenoxy) is 1. The highest BCUT2D eigenvalue weighted by molar-refractivity contribution is 8.15. The lowest BCUT2D eigenvalue weighted by Gasteiger charge is -2.10. The summed E-state index contributed by atoms with van der Waals surface area (Å²) in [5.41, 5.74) is 1.51. The maximum atomic E-state index is 13.7. The first-order valence-electron chi connectivity index (χ1n) is 8.88. The normalized spacial score (nSPS) is 16.8.